The van der Waals surface area contributed by atoms with Crippen LogP contribution in [-0.2, 0) is 0 Å². The maximum Gasteiger partial charge on any atom is 0.291 e. The molecule has 1 heterocycles. The second kappa shape index (κ2) is 5.66. The molecule has 0 radical (unpaired) electrons. The van der Waals surface area contributed by atoms with E-state index in [0.717, 1.165) is 16.8 Å². The number of carbonyl (C=O) groups is 1. The number of nitrogens with zero attached hydrogens (tertiary/aromatic N) is 1. The van der Waals surface area contributed by atoms with Crippen LogP contribution in [0.15, 0.2) is 48.5 Å². The van der Waals surface area contributed by atoms with Gasteiger partial charge in [-0.25, -0.2) is 4.98 Å². The van der Waals surface area contributed by atoms with Crippen LogP contribution in [0.4, 0.5) is 5.69 Å². The van der Waals surface area contributed by atoms with Gasteiger partial charge in [-0.05, 0) is 43.3 Å². The van der Waals surface area contributed by atoms with Gasteiger partial charge in [0, 0.05) is 5.69 Å². The van der Waals surface area contributed by atoms with E-state index in [1.807, 2.05) is 43.3 Å². The van der Waals surface area contributed by atoms with Crippen molar-refractivity contribution in [3.05, 3.63) is 54.4 Å². The Morgan fingerprint density at radius 3 is 2.67 bits per heavy atom. The third-order valence-electron chi connectivity index (χ3n) is 3.03. The first-order valence-corrected chi connectivity index (χ1v) is 6.75. The molecule has 0 aliphatic heterocycles. The number of hydrogen-bond donors (Lipinski definition) is 2. The average molecular weight is 281 g/mol. The van der Waals surface area contributed by atoms with Crippen LogP contribution >= 0.6 is 0 Å². The van der Waals surface area contributed by atoms with Crippen molar-refractivity contribution in [2.45, 2.75) is 6.92 Å². The Labute approximate surface area is 122 Å². The lowest BCUT2D eigenvalue weighted by Gasteiger charge is -2.05. The third kappa shape index (κ3) is 2.86. The second-order valence-corrected chi connectivity index (χ2v) is 4.51. The fraction of sp³-hybridized carbons (Fsp3) is 0.125. The van der Waals surface area contributed by atoms with Gasteiger partial charge in [-0.3, -0.25) is 4.79 Å². The summed E-state index contributed by atoms with van der Waals surface area (Å²) in [6.45, 7) is 2.54. The second-order valence-electron chi connectivity index (χ2n) is 4.51. The van der Waals surface area contributed by atoms with Crippen molar-refractivity contribution in [2.24, 2.45) is 0 Å². The predicted octanol–water partition coefficient (Wildman–Crippen LogP) is 3.21. The molecular formula is C16H15N3O2. The molecule has 1 amide bonds. The van der Waals surface area contributed by atoms with Gasteiger partial charge in [0.05, 0.1) is 17.6 Å². The molecule has 106 valence electrons. The first kappa shape index (κ1) is 13.2. The molecule has 1 aromatic heterocycles. The lowest BCUT2D eigenvalue weighted by Crippen LogP contribution is -2.13. The summed E-state index contributed by atoms with van der Waals surface area (Å²) in [4.78, 5) is 19.4. The Bertz CT molecular complexity index is 730. The number of amides is 1. The minimum absolute atomic E-state index is 0.268. The van der Waals surface area contributed by atoms with E-state index in [2.05, 4.69) is 15.3 Å². The lowest BCUT2D eigenvalue weighted by atomic mass is 10.3. The van der Waals surface area contributed by atoms with E-state index in [9.17, 15) is 4.79 Å². The maximum absolute atomic E-state index is 12.2. The zero-order valence-electron chi connectivity index (χ0n) is 11.6. The van der Waals surface area contributed by atoms with E-state index in [1.165, 1.54) is 0 Å². The Morgan fingerprint density at radius 2 is 1.95 bits per heavy atom. The lowest BCUT2D eigenvalue weighted by molar-refractivity contribution is 0.101. The molecule has 2 aromatic carbocycles. The van der Waals surface area contributed by atoms with Gasteiger partial charge in [0.1, 0.15) is 5.75 Å². The number of aromatic nitrogens is 2. The minimum Gasteiger partial charge on any atom is -0.494 e. The van der Waals surface area contributed by atoms with E-state index < -0.39 is 0 Å². The van der Waals surface area contributed by atoms with Crippen LogP contribution < -0.4 is 10.1 Å². The number of fused-ring (bicyclic) bond motifs is 1. The van der Waals surface area contributed by atoms with Crippen LogP contribution in [0.2, 0.25) is 0 Å². The van der Waals surface area contributed by atoms with Crippen molar-refractivity contribution in [3.8, 4) is 5.75 Å². The molecule has 21 heavy (non-hydrogen) atoms. The van der Waals surface area contributed by atoms with Crippen molar-refractivity contribution < 1.29 is 9.53 Å². The fourth-order valence-electron chi connectivity index (χ4n) is 2.05. The number of para-hydroxylation sites is 2. The summed E-state index contributed by atoms with van der Waals surface area (Å²) in [6.07, 6.45) is 0. The summed E-state index contributed by atoms with van der Waals surface area (Å²) in [5, 5.41) is 2.80. The molecule has 0 bridgehead atoms. The van der Waals surface area contributed by atoms with Crippen molar-refractivity contribution in [2.75, 3.05) is 11.9 Å². The van der Waals surface area contributed by atoms with Gasteiger partial charge in [0.2, 0.25) is 0 Å². The summed E-state index contributed by atoms with van der Waals surface area (Å²) in [6, 6.07) is 14.8. The van der Waals surface area contributed by atoms with E-state index in [-0.39, 0.29) is 5.91 Å². The van der Waals surface area contributed by atoms with Gasteiger partial charge in [-0.2, -0.15) is 0 Å². The summed E-state index contributed by atoms with van der Waals surface area (Å²) in [5.74, 6) is 0.805. The number of nitrogens with one attached hydrogen (secondary N) is 2. The number of anilines is 1. The molecule has 0 saturated carbocycles. The van der Waals surface area contributed by atoms with Crippen LogP contribution in [0.3, 0.4) is 0 Å². The van der Waals surface area contributed by atoms with Gasteiger partial charge in [0.15, 0.2) is 5.82 Å². The molecule has 5 nitrogen and oxygen atoms in total. The zero-order valence-corrected chi connectivity index (χ0v) is 11.6. The smallest absolute Gasteiger partial charge is 0.291 e. The first-order valence-electron chi connectivity index (χ1n) is 6.75. The normalized spacial score (nSPS) is 10.5. The number of rotatable bonds is 4. The minimum atomic E-state index is -0.268. The standard InChI is InChI=1S/C16H15N3O2/c1-2-21-12-9-7-11(8-10-12)17-16(20)15-18-13-5-3-4-6-14(13)19-15/h3-10H,2H2,1H3,(H,17,20)(H,18,19). The summed E-state index contributed by atoms with van der Waals surface area (Å²) in [5.41, 5.74) is 2.31. The van der Waals surface area contributed by atoms with Gasteiger partial charge in [0.25, 0.3) is 5.91 Å². The number of H-pyrrole nitrogens is 1. The van der Waals surface area contributed by atoms with Crippen LogP contribution in [0.5, 0.6) is 5.75 Å². The molecule has 0 spiro atoms. The molecule has 5 heteroatoms. The van der Waals surface area contributed by atoms with E-state index in [4.69, 9.17) is 4.74 Å². The predicted molar refractivity (Wildman–Crippen MR) is 81.7 cm³/mol. The average Bonchev–Trinajstić information content (AvgIpc) is 2.94. The van der Waals surface area contributed by atoms with Gasteiger partial charge < -0.3 is 15.0 Å². The van der Waals surface area contributed by atoms with Gasteiger partial charge in [-0.1, -0.05) is 12.1 Å². The van der Waals surface area contributed by atoms with Crippen molar-refractivity contribution in [1.29, 1.82) is 0 Å². The highest BCUT2D eigenvalue weighted by Crippen LogP contribution is 2.17. The van der Waals surface area contributed by atoms with Crippen LogP contribution in [-0.4, -0.2) is 22.5 Å². The molecule has 3 aromatic rings. The summed E-state index contributed by atoms with van der Waals surface area (Å²) in [7, 11) is 0. The topological polar surface area (TPSA) is 67.0 Å². The Hall–Kier alpha value is -2.82. The number of benzene rings is 2. The molecule has 0 fully saturated rings. The number of aromatic amines is 1. The summed E-state index contributed by atoms with van der Waals surface area (Å²) < 4.78 is 5.36. The molecule has 0 aliphatic rings. The van der Waals surface area contributed by atoms with Gasteiger partial charge in [-0.15, -0.1) is 0 Å². The molecule has 2 N–H and O–H groups in total. The monoisotopic (exact) mass is 281 g/mol. The molecular weight excluding hydrogens is 266 g/mol. The third-order valence-corrected chi connectivity index (χ3v) is 3.03. The largest absolute Gasteiger partial charge is 0.494 e. The van der Waals surface area contributed by atoms with Crippen LogP contribution in [0.25, 0.3) is 11.0 Å². The van der Waals surface area contributed by atoms with E-state index >= 15 is 0 Å². The maximum atomic E-state index is 12.2. The highest BCUT2D eigenvalue weighted by molar-refractivity contribution is 6.03. The number of carbonyl (C=O) groups excluding carboxylic acids is 1. The number of ether oxygens (including phenoxy) is 1. The Kier molecular flexibility index (Phi) is 3.55. The quantitative estimate of drug-likeness (QED) is 0.771. The number of imidazole rings is 1. The molecule has 0 aliphatic carbocycles. The Morgan fingerprint density at radius 1 is 1.19 bits per heavy atom. The van der Waals surface area contributed by atoms with Gasteiger partial charge >= 0.3 is 0 Å². The Balaban J connectivity index is 1.76. The summed E-state index contributed by atoms with van der Waals surface area (Å²) >= 11 is 0. The first-order chi connectivity index (χ1) is 10.3. The molecule has 3 rings (SSSR count). The SMILES string of the molecule is CCOc1ccc(NC(=O)c2nc3ccccc3[nH]2)cc1. The van der Waals surface area contributed by atoms with Crippen molar-refractivity contribution in [1.82, 2.24) is 9.97 Å². The molecule has 0 atom stereocenters. The highest BCUT2D eigenvalue weighted by Gasteiger charge is 2.11. The number of hydrogen-bond acceptors (Lipinski definition) is 3. The van der Waals surface area contributed by atoms with Crippen molar-refractivity contribution >= 4 is 22.6 Å². The fourth-order valence-corrected chi connectivity index (χ4v) is 2.05. The zero-order chi connectivity index (χ0) is 14.7. The van der Waals surface area contributed by atoms with Crippen LogP contribution in [0, 0.1) is 0 Å². The van der Waals surface area contributed by atoms with Crippen LogP contribution in [0.1, 0.15) is 17.5 Å². The van der Waals surface area contributed by atoms with E-state index in [0.29, 0.717) is 18.1 Å². The highest BCUT2D eigenvalue weighted by atomic mass is 16.5. The molecule has 0 saturated heterocycles. The van der Waals surface area contributed by atoms with Crippen molar-refractivity contribution in [3.63, 3.8) is 0 Å². The molecule has 0 unspecified atom stereocenters. The van der Waals surface area contributed by atoms with E-state index in [1.54, 1.807) is 12.1 Å².